The lowest BCUT2D eigenvalue weighted by atomic mass is 10.1. The van der Waals surface area contributed by atoms with E-state index >= 15 is 0 Å². The molecule has 0 radical (unpaired) electrons. The van der Waals surface area contributed by atoms with Crippen molar-refractivity contribution in [2.45, 2.75) is 0 Å². The number of hydroxylamine groups is 2. The van der Waals surface area contributed by atoms with E-state index in [2.05, 4.69) is 0 Å². The Morgan fingerprint density at radius 3 is 1.50 bits per heavy atom. The van der Waals surface area contributed by atoms with Gasteiger partial charge in [0.05, 0.1) is 0 Å². The van der Waals surface area contributed by atoms with Crippen LogP contribution in [0.25, 0.3) is 0 Å². The van der Waals surface area contributed by atoms with Crippen LogP contribution in [0.1, 0.15) is 0 Å². The Morgan fingerprint density at radius 1 is 0.917 bits per heavy atom. The van der Waals surface area contributed by atoms with Crippen molar-refractivity contribution in [3.05, 3.63) is 34.7 Å². The molecule has 1 aliphatic carbocycles. The van der Waals surface area contributed by atoms with Gasteiger partial charge in [0, 0.05) is 12.2 Å². The molecule has 0 aromatic rings. The Morgan fingerprint density at radius 2 is 1.25 bits per heavy atom. The summed E-state index contributed by atoms with van der Waals surface area (Å²) in [5.41, 5.74) is 0.769. The van der Waals surface area contributed by atoms with Crippen LogP contribution in [0.3, 0.4) is 0 Å². The Kier molecular flexibility index (Phi) is 2.28. The Bertz CT molecular complexity index is 271. The first-order chi connectivity index (χ1) is 5.63. The molecule has 0 heterocycles. The standard InChI is InChI=1S/C8H10N2O2/c1-9(11)7-5-3-4-6-8(7)10(2)12/h3-6H,1-2H3/b9-7-,10-8+. The minimum absolute atomic E-state index is 0.384. The van der Waals surface area contributed by atoms with Crippen molar-refractivity contribution in [3.63, 3.8) is 0 Å². The summed E-state index contributed by atoms with van der Waals surface area (Å²) in [5, 5.41) is 21.8. The Hall–Kier alpha value is -1.58. The van der Waals surface area contributed by atoms with Crippen LogP contribution >= 0.6 is 0 Å². The minimum Gasteiger partial charge on any atom is -0.623 e. The van der Waals surface area contributed by atoms with Crippen molar-refractivity contribution in [1.29, 1.82) is 0 Å². The molecular formula is C8H10N2O2. The van der Waals surface area contributed by atoms with Gasteiger partial charge < -0.3 is 10.4 Å². The predicted molar refractivity (Wildman–Crippen MR) is 47.4 cm³/mol. The zero-order valence-corrected chi connectivity index (χ0v) is 7.02. The van der Waals surface area contributed by atoms with E-state index in [4.69, 9.17) is 0 Å². The van der Waals surface area contributed by atoms with E-state index in [1.165, 1.54) is 14.1 Å². The SMILES string of the molecule is C/[N+]([O-])=C1\C=CC=C\C1=[N+](\C)[O-]. The summed E-state index contributed by atoms with van der Waals surface area (Å²) in [5.74, 6) is 0. The Balaban J connectivity index is 3.20. The highest BCUT2D eigenvalue weighted by molar-refractivity contribution is 6.47. The van der Waals surface area contributed by atoms with E-state index in [-0.39, 0.29) is 0 Å². The van der Waals surface area contributed by atoms with Gasteiger partial charge in [0.2, 0.25) is 0 Å². The molecule has 0 fully saturated rings. The molecule has 0 unspecified atom stereocenters. The monoisotopic (exact) mass is 166 g/mol. The lowest BCUT2D eigenvalue weighted by Gasteiger charge is -2.06. The molecule has 0 aromatic heterocycles. The molecular weight excluding hydrogens is 156 g/mol. The molecule has 0 aliphatic heterocycles. The van der Waals surface area contributed by atoms with Gasteiger partial charge in [-0.25, -0.2) is 9.48 Å². The average molecular weight is 166 g/mol. The number of hydrogen-bond acceptors (Lipinski definition) is 2. The minimum atomic E-state index is 0.384. The van der Waals surface area contributed by atoms with Crippen LogP contribution in [-0.2, 0) is 0 Å². The van der Waals surface area contributed by atoms with Crippen molar-refractivity contribution in [2.75, 3.05) is 14.1 Å². The number of rotatable bonds is 0. The first-order valence-corrected chi connectivity index (χ1v) is 3.53. The highest BCUT2D eigenvalue weighted by atomic mass is 16.5. The maximum Gasteiger partial charge on any atom is 0.283 e. The van der Waals surface area contributed by atoms with Crippen molar-refractivity contribution in [3.8, 4) is 0 Å². The van der Waals surface area contributed by atoms with Gasteiger partial charge in [0.1, 0.15) is 14.1 Å². The lowest BCUT2D eigenvalue weighted by molar-refractivity contribution is -0.436. The third-order valence-corrected chi connectivity index (χ3v) is 1.56. The maximum absolute atomic E-state index is 10.9. The van der Waals surface area contributed by atoms with Gasteiger partial charge in [-0.3, -0.25) is 0 Å². The number of allylic oxidation sites excluding steroid dienone is 4. The van der Waals surface area contributed by atoms with Gasteiger partial charge in [-0.1, -0.05) is 12.2 Å². The van der Waals surface area contributed by atoms with Crippen LogP contribution < -0.4 is 0 Å². The van der Waals surface area contributed by atoms with Crippen molar-refractivity contribution in [1.82, 2.24) is 0 Å². The van der Waals surface area contributed by atoms with Crippen LogP contribution in [0.4, 0.5) is 0 Å². The summed E-state index contributed by atoms with van der Waals surface area (Å²) in [4.78, 5) is 0. The lowest BCUT2D eigenvalue weighted by Crippen LogP contribution is -2.26. The molecule has 0 saturated carbocycles. The number of hydrogen-bond donors (Lipinski definition) is 0. The van der Waals surface area contributed by atoms with E-state index in [0.29, 0.717) is 20.9 Å². The van der Waals surface area contributed by atoms with Crippen LogP contribution in [0, 0.1) is 10.4 Å². The first kappa shape index (κ1) is 8.52. The largest absolute Gasteiger partial charge is 0.623 e. The van der Waals surface area contributed by atoms with Crippen molar-refractivity contribution in [2.24, 2.45) is 0 Å². The second-order valence-electron chi connectivity index (χ2n) is 2.48. The smallest absolute Gasteiger partial charge is 0.283 e. The second kappa shape index (κ2) is 3.21. The Labute approximate surface area is 70.6 Å². The number of nitrogens with zero attached hydrogens (tertiary/aromatic N) is 2. The van der Waals surface area contributed by atoms with Crippen molar-refractivity contribution < 1.29 is 9.48 Å². The van der Waals surface area contributed by atoms with Gasteiger partial charge in [-0.15, -0.1) is 0 Å². The summed E-state index contributed by atoms with van der Waals surface area (Å²) in [6.45, 7) is 0. The third-order valence-electron chi connectivity index (χ3n) is 1.56. The molecule has 0 aromatic carbocycles. The van der Waals surface area contributed by atoms with E-state index in [1.807, 2.05) is 0 Å². The molecule has 0 N–H and O–H groups in total. The first-order valence-electron chi connectivity index (χ1n) is 3.53. The summed E-state index contributed by atoms with van der Waals surface area (Å²) < 4.78 is 1.34. The van der Waals surface area contributed by atoms with Gasteiger partial charge in [-0.05, 0) is 0 Å². The molecule has 4 nitrogen and oxygen atoms in total. The van der Waals surface area contributed by atoms with Crippen LogP contribution in [0.15, 0.2) is 24.3 Å². The predicted octanol–water partition coefficient (Wildman–Crippen LogP) is 0.275. The molecule has 0 spiro atoms. The van der Waals surface area contributed by atoms with Gasteiger partial charge in [-0.2, -0.15) is 0 Å². The molecule has 0 bridgehead atoms. The van der Waals surface area contributed by atoms with Crippen LogP contribution in [0.2, 0.25) is 0 Å². The van der Waals surface area contributed by atoms with E-state index in [0.717, 1.165) is 0 Å². The molecule has 1 rings (SSSR count). The highest BCUT2D eigenvalue weighted by Crippen LogP contribution is 1.96. The topological polar surface area (TPSA) is 52.1 Å². The van der Waals surface area contributed by atoms with E-state index in [1.54, 1.807) is 24.3 Å². The molecule has 0 saturated heterocycles. The fourth-order valence-corrected chi connectivity index (χ4v) is 0.997. The zero-order chi connectivity index (χ0) is 9.14. The maximum atomic E-state index is 10.9. The fourth-order valence-electron chi connectivity index (χ4n) is 0.997. The van der Waals surface area contributed by atoms with Crippen molar-refractivity contribution >= 4 is 11.4 Å². The van der Waals surface area contributed by atoms with Crippen LogP contribution in [-0.4, -0.2) is 35.0 Å². The molecule has 1 aliphatic rings. The second-order valence-corrected chi connectivity index (χ2v) is 2.48. The van der Waals surface area contributed by atoms with Gasteiger partial charge >= 0.3 is 0 Å². The average Bonchev–Trinajstić information content (AvgIpc) is 2.04. The molecule has 64 valence electrons. The zero-order valence-electron chi connectivity index (χ0n) is 7.02. The summed E-state index contributed by atoms with van der Waals surface area (Å²) in [6.07, 6.45) is 6.65. The molecule has 12 heavy (non-hydrogen) atoms. The summed E-state index contributed by atoms with van der Waals surface area (Å²) >= 11 is 0. The molecule has 0 amide bonds. The normalized spacial score (nSPS) is 24.2. The quantitative estimate of drug-likeness (QED) is 0.224. The highest BCUT2D eigenvalue weighted by Gasteiger charge is 2.18. The summed E-state index contributed by atoms with van der Waals surface area (Å²) in [6, 6.07) is 0. The van der Waals surface area contributed by atoms with Gasteiger partial charge in [0.25, 0.3) is 11.4 Å². The van der Waals surface area contributed by atoms with Crippen LogP contribution in [0.5, 0.6) is 0 Å². The third kappa shape index (κ3) is 1.53. The van der Waals surface area contributed by atoms with E-state index in [9.17, 15) is 10.4 Å². The van der Waals surface area contributed by atoms with E-state index < -0.39 is 0 Å². The molecule has 4 heteroatoms. The summed E-state index contributed by atoms with van der Waals surface area (Å²) in [7, 11) is 2.73. The van der Waals surface area contributed by atoms with Gasteiger partial charge in [0.15, 0.2) is 0 Å². The molecule has 0 atom stereocenters. The fraction of sp³-hybridized carbons (Fsp3) is 0.250.